The Bertz CT molecular complexity index is 352. The number of halogens is 2. The minimum Gasteiger partial charge on any atom is -0.398 e. The lowest BCUT2D eigenvalue weighted by molar-refractivity contribution is 1.39. The standard InChI is InChI=1S/C10H11BrClNS/c1-7(5-12)6-14-10-4-8(11)2-3-9(10)13/h2-5H,6,13H2,1H3/b7-5-. The first-order valence-corrected chi connectivity index (χ1v) is 6.28. The third-order valence-corrected chi connectivity index (χ3v) is 3.75. The van der Waals surface area contributed by atoms with E-state index in [1.54, 1.807) is 17.3 Å². The number of rotatable bonds is 3. The zero-order valence-electron chi connectivity index (χ0n) is 7.76. The van der Waals surface area contributed by atoms with Gasteiger partial charge in [0.1, 0.15) is 0 Å². The molecule has 1 nitrogen and oxygen atoms in total. The molecule has 14 heavy (non-hydrogen) atoms. The molecule has 0 amide bonds. The molecule has 0 aliphatic heterocycles. The molecule has 0 unspecified atom stereocenters. The molecule has 0 atom stereocenters. The normalized spacial score (nSPS) is 11.8. The molecule has 0 fully saturated rings. The first-order valence-electron chi connectivity index (χ1n) is 4.07. The van der Waals surface area contributed by atoms with Gasteiger partial charge in [0.05, 0.1) is 0 Å². The van der Waals surface area contributed by atoms with Crippen molar-refractivity contribution in [3.05, 3.63) is 33.8 Å². The van der Waals surface area contributed by atoms with Gasteiger partial charge in [-0.2, -0.15) is 0 Å². The number of nitrogen functional groups attached to an aromatic ring is 1. The van der Waals surface area contributed by atoms with Gasteiger partial charge in [0.2, 0.25) is 0 Å². The van der Waals surface area contributed by atoms with Crippen molar-refractivity contribution >= 4 is 45.0 Å². The van der Waals surface area contributed by atoms with Crippen LogP contribution in [-0.4, -0.2) is 5.75 Å². The van der Waals surface area contributed by atoms with Crippen molar-refractivity contribution in [2.75, 3.05) is 11.5 Å². The van der Waals surface area contributed by atoms with Gasteiger partial charge in [-0.15, -0.1) is 11.8 Å². The van der Waals surface area contributed by atoms with E-state index < -0.39 is 0 Å². The highest BCUT2D eigenvalue weighted by Gasteiger charge is 2.01. The van der Waals surface area contributed by atoms with E-state index in [4.69, 9.17) is 17.3 Å². The first kappa shape index (κ1) is 12.0. The topological polar surface area (TPSA) is 26.0 Å². The molecule has 0 heterocycles. The molecule has 76 valence electrons. The molecule has 0 saturated carbocycles. The van der Waals surface area contributed by atoms with Gasteiger partial charge in [-0.05, 0) is 25.1 Å². The molecule has 0 spiro atoms. The molecule has 1 aromatic carbocycles. The van der Waals surface area contributed by atoms with Crippen LogP contribution in [-0.2, 0) is 0 Å². The van der Waals surface area contributed by atoms with Crippen LogP contribution in [0.15, 0.2) is 38.7 Å². The fourth-order valence-electron chi connectivity index (χ4n) is 0.856. The van der Waals surface area contributed by atoms with Crippen molar-refractivity contribution in [1.29, 1.82) is 0 Å². The van der Waals surface area contributed by atoms with Crippen molar-refractivity contribution in [2.24, 2.45) is 0 Å². The molecule has 2 N–H and O–H groups in total. The minimum atomic E-state index is 0.806. The van der Waals surface area contributed by atoms with Gasteiger partial charge in [0, 0.05) is 26.3 Å². The smallest absolute Gasteiger partial charge is 0.0453 e. The summed E-state index contributed by atoms with van der Waals surface area (Å²) in [6, 6.07) is 5.84. The molecule has 1 aromatic rings. The summed E-state index contributed by atoms with van der Waals surface area (Å²) in [6.07, 6.45) is 0. The largest absolute Gasteiger partial charge is 0.398 e. The van der Waals surface area contributed by atoms with Crippen LogP contribution in [0.5, 0.6) is 0 Å². The van der Waals surface area contributed by atoms with E-state index in [0.717, 1.165) is 26.4 Å². The zero-order chi connectivity index (χ0) is 10.6. The van der Waals surface area contributed by atoms with Gasteiger partial charge in [-0.25, -0.2) is 0 Å². The second-order valence-corrected chi connectivity index (χ2v) is 5.08. The van der Waals surface area contributed by atoms with Crippen LogP contribution in [0.1, 0.15) is 6.92 Å². The fourth-order valence-corrected chi connectivity index (χ4v) is 2.45. The van der Waals surface area contributed by atoms with Crippen LogP contribution in [0.4, 0.5) is 5.69 Å². The highest BCUT2D eigenvalue weighted by atomic mass is 79.9. The number of nitrogens with two attached hydrogens (primary N) is 1. The van der Waals surface area contributed by atoms with Crippen LogP contribution < -0.4 is 5.73 Å². The number of hydrogen-bond donors (Lipinski definition) is 1. The predicted octanol–water partition coefficient (Wildman–Crippen LogP) is 4.27. The Kier molecular flexibility index (Phi) is 4.85. The van der Waals surface area contributed by atoms with E-state index in [1.807, 2.05) is 25.1 Å². The average Bonchev–Trinajstić information content (AvgIpc) is 2.19. The third-order valence-electron chi connectivity index (χ3n) is 1.62. The van der Waals surface area contributed by atoms with Crippen LogP contribution >= 0.6 is 39.3 Å². The lowest BCUT2D eigenvalue weighted by Gasteiger charge is -2.05. The van der Waals surface area contributed by atoms with Crippen LogP contribution in [0, 0.1) is 0 Å². The number of anilines is 1. The van der Waals surface area contributed by atoms with Gasteiger partial charge >= 0.3 is 0 Å². The summed E-state index contributed by atoms with van der Waals surface area (Å²) in [7, 11) is 0. The van der Waals surface area contributed by atoms with E-state index in [9.17, 15) is 0 Å². The minimum absolute atomic E-state index is 0.806. The Labute approximate surface area is 102 Å². The van der Waals surface area contributed by atoms with Gasteiger partial charge in [-0.1, -0.05) is 33.1 Å². The van der Waals surface area contributed by atoms with Gasteiger partial charge < -0.3 is 5.73 Å². The van der Waals surface area contributed by atoms with E-state index >= 15 is 0 Å². The molecule has 0 aliphatic rings. The maximum atomic E-state index is 5.82. The van der Waals surface area contributed by atoms with Gasteiger partial charge in [0.25, 0.3) is 0 Å². The summed E-state index contributed by atoms with van der Waals surface area (Å²) < 4.78 is 1.04. The second kappa shape index (κ2) is 5.69. The lowest BCUT2D eigenvalue weighted by atomic mass is 10.3. The van der Waals surface area contributed by atoms with E-state index in [2.05, 4.69) is 15.9 Å². The molecular formula is C10H11BrClNS. The molecule has 1 rings (SSSR count). The zero-order valence-corrected chi connectivity index (χ0v) is 10.9. The quantitative estimate of drug-likeness (QED) is 0.665. The SMILES string of the molecule is C/C(=C/Cl)CSc1cc(Br)ccc1N. The maximum absolute atomic E-state index is 5.82. The van der Waals surface area contributed by atoms with Crippen molar-refractivity contribution in [3.63, 3.8) is 0 Å². The Morgan fingerprint density at radius 3 is 3.00 bits per heavy atom. The molecule has 0 radical (unpaired) electrons. The Balaban J connectivity index is 2.71. The molecular weight excluding hydrogens is 282 g/mol. The fraction of sp³-hybridized carbons (Fsp3) is 0.200. The summed E-state index contributed by atoms with van der Waals surface area (Å²) >= 11 is 10.7. The summed E-state index contributed by atoms with van der Waals surface area (Å²) in [5.41, 5.74) is 9.36. The first-order chi connectivity index (χ1) is 6.63. The number of benzene rings is 1. The molecule has 0 saturated heterocycles. The predicted molar refractivity (Wildman–Crippen MR) is 68.9 cm³/mol. The summed E-state index contributed by atoms with van der Waals surface area (Å²) in [6.45, 7) is 1.99. The summed E-state index contributed by atoms with van der Waals surface area (Å²) in [5, 5.41) is 0. The Morgan fingerprint density at radius 1 is 1.64 bits per heavy atom. The van der Waals surface area contributed by atoms with E-state index in [-0.39, 0.29) is 0 Å². The number of hydrogen-bond acceptors (Lipinski definition) is 2. The van der Waals surface area contributed by atoms with Crippen molar-refractivity contribution in [3.8, 4) is 0 Å². The van der Waals surface area contributed by atoms with Gasteiger partial charge in [0.15, 0.2) is 0 Å². The Morgan fingerprint density at radius 2 is 2.36 bits per heavy atom. The highest BCUT2D eigenvalue weighted by Crippen LogP contribution is 2.29. The van der Waals surface area contributed by atoms with E-state index in [1.165, 1.54) is 0 Å². The Hall–Kier alpha value is -0.120. The summed E-state index contributed by atoms with van der Waals surface area (Å²) in [5.74, 6) is 0.865. The molecule has 4 heteroatoms. The average molecular weight is 293 g/mol. The third kappa shape index (κ3) is 3.56. The van der Waals surface area contributed by atoms with Crippen molar-refractivity contribution < 1.29 is 0 Å². The monoisotopic (exact) mass is 291 g/mol. The number of thioether (sulfide) groups is 1. The maximum Gasteiger partial charge on any atom is 0.0453 e. The van der Waals surface area contributed by atoms with Crippen molar-refractivity contribution in [2.45, 2.75) is 11.8 Å². The highest BCUT2D eigenvalue weighted by molar-refractivity contribution is 9.10. The van der Waals surface area contributed by atoms with E-state index in [0.29, 0.717) is 0 Å². The molecule has 0 aliphatic carbocycles. The van der Waals surface area contributed by atoms with Crippen LogP contribution in [0.2, 0.25) is 0 Å². The van der Waals surface area contributed by atoms with Crippen LogP contribution in [0.25, 0.3) is 0 Å². The van der Waals surface area contributed by atoms with Crippen molar-refractivity contribution in [1.82, 2.24) is 0 Å². The molecule has 0 aromatic heterocycles. The summed E-state index contributed by atoms with van der Waals surface area (Å²) in [4.78, 5) is 1.08. The molecule has 0 bridgehead atoms. The van der Waals surface area contributed by atoms with Gasteiger partial charge in [-0.3, -0.25) is 0 Å². The second-order valence-electron chi connectivity index (χ2n) is 2.93. The van der Waals surface area contributed by atoms with Crippen LogP contribution in [0.3, 0.4) is 0 Å². The lowest BCUT2D eigenvalue weighted by Crippen LogP contribution is -1.89.